The number of thioether (sulfide) groups is 1. The predicted molar refractivity (Wildman–Crippen MR) is 105 cm³/mol. The van der Waals surface area contributed by atoms with Crippen molar-refractivity contribution in [3.05, 3.63) is 65.7 Å². The summed E-state index contributed by atoms with van der Waals surface area (Å²) in [7, 11) is 1.55. The number of nitrogens with one attached hydrogen (secondary N) is 2. The molecule has 0 bridgehead atoms. The minimum atomic E-state index is -0.550. The van der Waals surface area contributed by atoms with Crippen molar-refractivity contribution in [1.82, 2.24) is 14.9 Å². The second-order valence-electron chi connectivity index (χ2n) is 6.25. The highest BCUT2D eigenvalue weighted by atomic mass is 32.2. The Morgan fingerprint density at radius 1 is 1.21 bits per heavy atom. The molecule has 2 atom stereocenters. The van der Waals surface area contributed by atoms with E-state index in [-0.39, 0.29) is 11.7 Å². The number of methoxy groups -OCH3 is 1. The van der Waals surface area contributed by atoms with E-state index in [4.69, 9.17) is 4.74 Å². The lowest BCUT2D eigenvalue weighted by Crippen LogP contribution is -2.41. The van der Waals surface area contributed by atoms with Crippen molar-refractivity contribution < 1.29 is 13.9 Å². The van der Waals surface area contributed by atoms with Crippen molar-refractivity contribution in [3.8, 4) is 5.75 Å². The van der Waals surface area contributed by atoms with Gasteiger partial charge in [0.25, 0.3) is 0 Å². The second kappa shape index (κ2) is 7.51. The van der Waals surface area contributed by atoms with Crippen molar-refractivity contribution in [2.75, 3.05) is 17.9 Å². The van der Waals surface area contributed by atoms with Crippen LogP contribution in [-0.4, -0.2) is 33.1 Å². The second-order valence-corrected chi connectivity index (χ2v) is 7.36. The SMILES string of the molecule is COc1ccccc1NC(=O)[C@@H]1Sc2nnc(C)n2N[C@H]1c1ccc(F)cc1. The lowest BCUT2D eigenvalue weighted by atomic mass is 10.0. The summed E-state index contributed by atoms with van der Waals surface area (Å²) in [6.45, 7) is 1.82. The molecule has 0 radical (unpaired) electrons. The molecule has 9 heteroatoms. The maximum absolute atomic E-state index is 13.4. The summed E-state index contributed by atoms with van der Waals surface area (Å²) in [5.41, 5.74) is 4.65. The Kier molecular flexibility index (Phi) is 4.91. The molecular formula is C19H18FN5O2S. The average Bonchev–Trinajstić information content (AvgIpc) is 3.08. The Balaban J connectivity index is 1.67. The number of rotatable bonds is 4. The van der Waals surface area contributed by atoms with Gasteiger partial charge in [0.15, 0.2) is 0 Å². The molecule has 0 saturated heterocycles. The molecule has 1 aliphatic heterocycles. The van der Waals surface area contributed by atoms with Crippen LogP contribution in [-0.2, 0) is 4.79 Å². The van der Waals surface area contributed by atoms with E-state index in [1.165, 1.54) is 23.9 Å². The fourth-order valence-corrected chi connectivity index (χ4v) is 4.16. The Labute approximate surface area is 165 Å². The third kappa shape index (κ3) is 3.40. The van der Waals surface area contributed by atoms with Gasteiger partial charge in [0.05, 0.1) is 18.8 Å². The van der Waals surface area contributed by atoms with Gasteiger partial charge in [0.1, 0.15) is 22.6 Å². The molecule has 1 aliphatic rings. The van der Waals surface area contributed by atoms with E-state index in [1.807, 2.05) is 19.1 Å². The molecule has 144 valence electrons. The van der Waals surface area contributed by atoms with Gasteiger partial charge in [-0.3, -0.25) is 4.79 Å². The first kappa shape index (κ1) is 18.3. The van der Waals surface area contributed by atoms with E-state index in [0.29, 0.717) is 22.4 Å². The van der Waals surface area contributed by atoms with Gasteiger partial charge in [0, 0.05) is 0 Å². The lowest BCUT2D eigenvalue weighted by Gasteiger charge is -2.32. The van der Waals surface area contributed by atoms with Crippen molar-refractivity contribution >= 4 is 23.4 Å². The fraction of sp³-hybridized carbons (Fsp3) is 0.211. The first-order valence-corrected chi connectivity index (χ1v) is 9.49. The molecule has 0 unspecified atom stereocenters. The zero-order valence-electron chi connectivity index (χ0n) is 15.2. The summed E-state index contributed by atoms with van der Waals surface area (Å²) in [5, 5.41) is 11.2. The van der Waals surface area contributed by atoms with Crippen LogP contribution in [0.15, 0.2) is 53.7 Å². The predicted octanol–water partition coefficient (Wildman–Crippen LogP) is 3.13. The molecule has 1 aromatic heterocycles. The number of halogens is 1. The zero-order valence-corrected chi connectivity index (χ0v) is 16.0. The van der Waals surface area contributed by atoms with Crippen LogP contribution in [0.1, 0.15) is 17.4 Å². The van der Waals surface area contributed by atoms with Crippen LogP contribution in [0.25, 0.3) is 0 Å². The van der Waals surface area contributed by atoms with E-state index in [2.05, 4.69) is 20.9 Å². The number of hydrogen-bond acceptors (Lipinski definition) is 6. The van der Waals surface area contributed by atoms with Crippen LogP contribution in [0, 0.1) is 12.7 Å². The molecule has 0 fully saturated rings. The molecule has 2 N–H and O–H groups in total. The summed E-state index contributed by atoms with van der Waals surface area (Å²) in [6, 6.07) is 12.9. The molecule has 4 rings (SSSR count). The fourth-order valence-electron chi connectivity index (χ4n) is 3.03. The molecule has 0 aliphatic carbocycles. The van der Waals surface area contributed by atoms with E-state index in [0.717, 1.165) is 5.56 Å². The van der Waals surface area contributed by atoms with Gasteiger partial charge in [-0.15, -0.1) is 10.2 Å². The summed E-state index contributed by atoms with van der Waals surface area (Å²) in [6.07, 6.45) is 0. The number of carbonyl (C=O) groups is 1. The van der Waals surface area contributed by atoms with Gasteiger partial charge in [-0.1, -0.05) is 36.0 Å². The standard InChI is InChI=1S/C19H18FN5O2S/c1-11-22-23-19-25(11)24-16(12-7-9-13(20)10-8-12)17(28-19)18(26)21-14-5-3-4-6-15(14)27-2/h3-10,16-17,24H,1-2H3,(H,21,26)/t16-,17+/m0/s1. The molecule has 2 heterocycles. The molecular weight excluding hydrogens is 381 g/mol. The highest BCUT2D eigenvalue weighted by molar-refractivity contribution is 8.00. The number of amides is 1. The number of nitrogens with zero attached hydrogens (tertiary/aromatic N) is 3. The van der Waals surface area contributed by atoms with E-state index >= 15 is 0 Å². The van der Waals surface area contributed by atoms with Gasteiger partial charge in [-0.2, -0.15) is 0 Å². The van der Waals surface area contributed by atoms with Crippen molar-refractivity contribution in [2.45, 2.75) is 23.4 Å². The smallest absolute Gasteiger partial charge is 0.240 e. The van der Waals surface area contributed by atoms with E-state index in [9.17, 15) is 9.18 Å². The van der Waals surface area contributed by atoms with E-state index in [1.54, 1.807) is 36.1 Å². The highest BCUT2D eigenvalue weighted by Crippen LogP contribution is 2.38. The van der Waals surface area contributed by atoms with Gasteiger partial charge in [0.2, 0.25) is 11.1 Å². The van der Waals surface area contributed by atoms with Crippen LogP contribution >= 0.6 is 11.8 Å². The summed E-state index contributed by atoms with van der Waals surface area (Å²) in [5.74, 6) is 0.701. The number of ether oxygens (including phenoxy) is 1. The van der Waals surface area contributed by atoms with Crippen LogP contribution in [0.3, 0.4) is 0 Å². The Bertz CT molecular complexity index is 1010. The molecule has 3 aromatic rings. The minimum absolute atomic E-state index is 0.219. The van der Waals surface area contributed by atoms with Crippen LogP contribution in [0.4, 0.5) is 10.1 Å². The number of anilines is 1. The Morgan fingerprint density at radius 2 is 1.96 bits per heavy atom. The molecule has 1 amide bonds. The van der Waals surface area contributed by atoms with Crippen LogP contribution in [0.2, 0.25) is 0 Å². The van der Waals surface area contributed by atoms with Gasteiger partial charge < -0.3 is 15.5 Å². The van der Waals surface area contributed by atoms with E-state index < -0.39 is 11.3 Å². The summed E-state index contributed by atoms with van der Waals surface area (Å²) < 4.78 is 20.4. The third-order valence-corrected chi connectivity index (χ3v) is 5.67. The van der Waals surface area contributed by atoms with Crippen molar-refractivity contribution in [3.63, 3.8) is 0 Å². The number of aryl methyl sites for hydroxylation is 1. The summed E-state index contributed by atoms with van der Waals surface area (Å²) >= 11 is 1.31. The Hall–Kier alpha value is -3.07. The first-order chi connectivity index (χ1) is 13.6. The molecule has 7 nitrogen and oxygen atoms in total. The van der Waals surface area contributed by atoms with Gasteiger partial charge >= 0.3 is 0 Å². The normalized spacial score (nSPS) is 18.1. The quantitative estimate of drug-likeness (QED) is 0.702. The monoisotopic (exact) mass is 399 g/mol. The maximum atomic E-state index is 13.4. The van der Waals surface area contributed by atoms with Gasteiger partial charge in [-0.25, -0.2) is 9.07 Å². The largest absolute Gasteiger partial charge is 0.495 e. The van der Waals surface area contributed by atoms with Crippen molar-refractivity contribution in [1.29, 1.82) is 0 Å². The third-order valence-electron chi connectivity index (χ3n) is 4.45. The molecule has 0 spiro atoms. The molecule has 0 saturated carbocycles. The highest BCUT2D eigenvalue weighted by Gasteiger charge is 2.37. The first-order valence-electron chi connectivity index (χ1n) is 8.61. The minimum Gasteiger partial charge on any atom is -0.495 e. The average molecular weight is 399 g/mol. The number of carbonyl (C=O) groups excluding carboxylic acids is 1. The molecule has 2 aromatic carbocycles. The number of hydrogen-bond donors (Lipinski definition) is 2. The van der Waals surface area contributed by atoms with Crippen molar-refractivity contribution in [2.24, 2.45) is 0 Å². The number of fused-ring (bicyclic) bond motifs is 1. The number of para-hydroxylation sites is 2. The maximum Gasteiger partial charge on any atom is 0.240 e. The van der Waals surface area contributed by atoms with Crippen LogP contribution < -0.4 is 15.5 Å². The topological polar surface area (TPSA) is 81.1 Å². The lowest BCUT2D eigenvalue weighted by molar-refractivity contribution is -0.116. The molecule has 28 heavy (non-hydrogen) atoms. The van der Waals surface area contributed by atoms with Gasteiger partial charge in [-0.05, 0) is 36.8 Å². The number of aromatic nitrogens is 3. The zero-order chi connectivity index (χ0) is 19.7. The summed E-state index contributed by atoms with van der Waals surface area (Å²) in [4.78, 5) is 13.1. The Morgan fingerprint density at radius 3 is 2.71 bits per heavy atom. The number of benzene rings is 2. The van der Waals surface area contributed by atoms with Crippen LogP contribution in [0.5, 0.6) is 5.75 Å².